The molecule has 8 heteroatoms. The van der Waals surface area contributed by atoms with E-state index in [-0.39, 0.29) is 5.82 Å². The third kappa shape index (κ3) is 4.44. The second-order valence-electron chi connectivity index (χ2n) is 8.19. The number of benzene rings is 2. The lowest BCUT2D eigenvalue weighted by molar-refractivity contribution is 0.194. The van der Waals surface area contributed by atoms with Gasteiger partial charge in [0.25, 0.3) is 0 Å². The van der Waals surface area contributed by atoms with E-state index in [1.54, 1.807) is 6.20 Å². The fraction of sp³-hybridized carbons (Fsp3) is 0.240. The van der Waals surface area contributed by atoms with E-state index in [4.69, 9.17) is 17.3 Å². The second kappa shape index (κ2) is 9.25. The SMILES string of the molecule is Cc1ccccc1-n1c(-c2cccnc2)nn(CN2CCN(c3ccc(F)cc3)CC2)c1=S. The summed E-state index contributed by atoms with van der Waals surface area (Å²) in [6.07, 6.45) is 3.57. The van der Waals surface area contributed by atoms with Gasteiger partial charge in [-0.2, -0.15) is 0 Å². The summed E-state index contributed by atoms with van der Waals surface area (Å²) in [7, 11) is 0. The van der Waals surface area contributed by atoms with Crippen LogP contribution in [0.2, 0.25) is 0 Å². The molecule has 0 saturated carbocycles. The van der Waals surface area contributed by atoms with E-state index in [1.165, 1.54) is 12.1 Å². The number of aryl methyl sites for hydroxylation is 1. The lowest BCUT2D eigenvalue weighted by Crippen LogP contribution is -2.47. The van der Waals surface area contributed by atoms with Crippen LogP contribution in [0.5, 0.6) is 0 Å². The molecule has 5 rings (SSSR count). The van der Waals surface area contributed by atoms with Gasteiger partial charge in [-0.15, -0.1) is 5.10 Å². The van der Waals surface area contributed by atoms with Crippen LogP contribution >= 0.6 is 12.2 Å². The Morgan fingerprint density at radius 1 is 0.939 bits per heavy atom. The number of aromatic nitrogens is 4. The van der Waals surface area contributed by atoms with Crippen molar-refractivity contribution in [1.82, 2.24) is 24.2 Å². The first-order valence-corrected chi connectivity index (χ1v) is 11.4. The number of rotatable bonds is 5. The number of piperazine rings is 1. The highest BCUT2D eigenvalue weighted by Crippen LogP contribution is 2.24. The van der Waals surface area contributed by atoms with Crippen molar-refractivity contribution in [1.29, 1.82) is 0 Å². The predicted octanol–water partition coefficient (Wildman–Crippen LogP) is 4.69. The summed E-state index contributed by atoms with van der Waals surface area (Å²) in [5, 5.41) is 4.92. The first-order valence-electron chi connectivity index (χ1n) is 11.0. The molecule has 168 valence electrons. The minimum atomic E-state index is -0.208. The fourth-order valence-electron chi connectivity index (χ4n) is 4.20. The number of hydrogen-bond donors (Lipinski definition) is 0. The Morgan fingerprint density at radius 3 is 2.39 bits per heavy atom. The van der Waals surface area contributed by atoms with Crippen molar-refractivity contribution in [2.45, 2.75) is 13.6 Å². The Balaban J connectivity index is 1.41. The average Bonchev–Trinajstić information content (AvgIpc) is 3.17. The van der Waals surface area contributed by atoms with Gasteiger partial charge < -0.3 is 4.90 Å². The molecule has 2 aromatic heterocycles. The van der Waals surface area contributed by atoms with Crippen LogP contribution in [-0.2, 0) is 6.67 Å². The van der Waals surface area contributed by atoms with Crippen molar-refractivity contribution in [3.63, 3.8) is 0 Å². The molecule has 1 aliphatic rings. The maximum atomic E-state index is 13.2. The lowest BCUT2D eigenvalue weighted by atomic mass is 10.2. The maximum absolute atomic E-state index is 13.2. The van der Waals surface area contributed by atoms with E-state index in [1.807, 2.05) is 51.8 Å². The summed E-state index contributed by atoms with van der Waals surface area (Å²) in [6, 6.07) is 18.8. The summed E-state index contributed by atoms with van der Waals surface area (Å²) in [5.74, 6) is 0.577. The normalized spacial score (nSPS) is 14.5. The highest BCUT2D eigenvalue weighted by Gasteiger charge is 2.21. The van der Waals surface area contributed by atoms with Crippen LogP contribution in [0.4, 0.5) is 10.1 Å². The monoisotopic (exact) mass is 460 g/mol. The topological polar surface area (TPSA) is 42.1 Å². The largest absolute Gasteiger partial charge is 0.369 e. The number of para-hydroxylation sites is 1. The number of anilines is 1. The van der Waals surface area contributed by atoms with E-state index in [0.717, 1.165) is 54.5 Å². The van der Waals surface area contributed by atoms with Crippen LogP contribution in [0, 0.1) is 17.5 Å². The van der Waals surface area contributed by atoms with Gasteiger partial charge in [0.05, 0.1) is 12.4 Å². The minimum absolute atomic E-state index is 0.208. The van der Waals surface area contributed by atoms with E-state index in [2.05, 4.69) is 33.8 Å². The molecule has 4 aromatic rings. The summed E-state index contributed by atoms with van der Waals surface area (Å²) in [6.45, 7) is 6.18. The molecule has 0 N–H and O–H groups in total. The molecule has 1 fully saturated rings. The Bertz CT molecular complexity index is 1290. The van der Waals surface area contributed by atoms with Gasteiger partial charge in [0.1, 0.15) is 5.82 Å². The van der Waals surface area contributed by atoms with Crippen LogP contribution < -0.4 is 4.90 Å². The second-order valence-corrected chi connectivity index (χ2v) is 8.56. The molecular formula is C25H25FN6S. The standard InChI is InChI=1S/C25H25FN6S/c1-19-5-2-3-7-23(19)32-24(20-6-4-12-27-17-20)28-31(25(32)33)18-29-13-15-30(16-14-29)22-10-8-21(26)9-11-22/h2-12,17H,13-16,18H2,1H3. The van der Waals surface area contributed by atoms with Crippen LogP contribution in [0.25, 0.3) is 17.1 Å². The van der Waals surface area contributed by atoms with Gasteiger partial charge in [-0.1, -0.05) is 18.2 Å². The summed E-state index contributed by atoms with van der Waals surface area (Å²) in [4.78, 5) is 8.90. The summed E-state index contributed by atoms with van der Waals surface area (Å²) < 4.78 is 17.8. The van der Waals surface area contributed by atoms with Crippen LogP contribution in [0.1, 0.15) is 5.56 Å². The molecule has 0 unspecified atom stereocenters. The van der Waals surface area contributed by atoms with E-state index >= 15 is 0 Å². The lowest BCUT2D eigenvalue weighted by Gasteiger charge is -2.35. The quantitative estimate of drug-likeness (QED) is 0.404. The zero-order valence-corrected chi connectivity index (χ0v) is 19.2. The van der Waals surface area contributed by atoms with Gasteiger partial charge in [-0.05, 0) is 67.2 Å². The Labute approximate surface area is 197 Å². The molecule has 3 heterocycles. The van der Waals surface area contributed by atoms with Gasteiger partial charge in [-0.3, -0.25) is 14.5 Å². The van der Waals surface area contributed by atoms with Gasteiger partial charge in [0.2, 0.25) is 4.77 Å². The average molecular weight is 461 g/mol. The van der Waals surface area contributed by atoms with E-state index in [0.29, 0.717) is 11.4 Å². The van der Waals surface area contributed by atoms with Gasteiger partial charge in [0, 0.05) is 49.8 Å². The van der Waals surface area contributed by atoms with Crippen molar-refractivity contribution < 1.29 is 4.39 Å². The van der Waals surface area contributed by atoms with Crippen molar-refractivity contribution in [2.75, 3.05) is 31.1 Å². The molecule has 0 amide bonds. The zero-order chi connectivity index (χ0) is 22.8. The van der Waals surface area contributed by atoms with E-state index < -0.39 is 0 Å². The van der Waals surface area contributed by atoms with Crippen molar-refractivity contribution in [3.05, 3.63) is 89.2 Å². The smallest absolute Gasteiger partial charge is 0.204 e. The molecule has 2 aromatic carbocycles. The Morgan fingerprint density at radius 2 is 1.70 bits per heavy atom. The zero-order valence-electron chi connectivity index (χ0n) is 18.4. The number of hydrogen-bond acceptors (Lipinski definition) is 5. The van der Waals surface area contributed by atoms with Gasteiger partial charge in [-0.25, -0.2) is 9.07 Å². The summed E-state index contributed by atoms with van der Waals surface area (Å²) >= 11 is 5.91. The fourth-order valence-corrected chi connectivity index (χ4v) is 4.49. The van der Waals surface area contributed by atoms with Crippen molar-refractivity contribution in [3.8, 4) is 17.1 Å². The van der Waals surface area contributed by atoms with Gasteiger partial charge in [0.15, 0.2) is 5.82 Å². The summed E-state index contributed by atoms with van der Waals surface area (Å²) in [5.41, 5.74) is 4.13. The van der Waals surface area contributed by atoms with Crippen LogP contribution in [0.3, 0.4) is 0 Å². The third-order valence-corrected chi connectivity index (χ3v) is 6.41. The molecule has 0 bridgehead atoms. The highest BCUT2D eigenvalue weighted by molar-refractivity contribution is 7.71. The number of pyridine rings is 1. The Hall–Kier alpha value is -3.36. The van der Waals surface area contributed by atoms with Crippen molar-refractivity contribution in [2.24, 2.45) is 0 Å². The molecular weight excluding hydrogens is 435 g/mol. The first-order chi connectivity index (χ1) is 16.1. The molecule has 0 atom stereocenters. The molecule has 1 saturated heterocycles. The van der Waals surface area contributed by atoms with Crippen molar-refractivity contribution >= 4 is 17.9 Å². The first kappa shape index (κ1) is 21.5. The van der Waals surface area contributed by atoms with Gasteiger partial charge >= 0.3 is 0 Å². The molecule has 1 aliphatic heterocycles. The van der Waals surface area contributed by atoms with Crippen LogP contribution in [0.15, 0.2) is 73.1 Å². The number of halogens is 1. The maximum Gasteiger partial charge on any atom is 0.204 e. The third-order valence-electron chi connectivity index (χ3n) is 6.01. The van der Waals surface area contributed by atoms with E-state index in [9.17, 15) is 4.39 Å². The van der Waals surface area contributed by atoms with Crippen LogP contribution in [-0.4, -0.2) is 50.4 Å². The molecule has 0 spiro atoms. The highest BCUT2D eigenvalue weighted by atomic mass is 32.1. The molecule has 0 aliphatic carbocycles. The molecule has 33 heavy (non-hydrogen) atoms. The predicted molar refractivity (Wildman–Crippen MR) is 131 cm³/mol. The minimum Gasteiger partial charge on any atom is -0.369 e. The number of nitrogens with zero attached hydrogens (tertiary/aromatic N) is 6. The molecule has 6 nitrogen and oxygen atoms in total. The molecule has 0 radical (unpaired) electrons. The Kier molecular flexibility index (Phi) is 6.02.